The molecule has 4 heterocycles. The zero-order chi connectivity index (χ0) is 37.5. The minimum absolute atomic E-state index is 0.618. The first kappa shape index (κ1) is 31.5. The number of hydrogen-bond acceptors (Lipinski definition) is 4. The van der Waals surface area contributed by atoms with Gasteiger partial charge in [0.15, 0.2) is 17.5 Å². The minimum atomic E-state index is 0.618. The molecule has 6 nitrogen and oxygen atoms in total. The predicted octanol–water partition coefficient (Wildman–Crippen LogP) is 13.0. The highest BCUT2D eigenvalue weighted by atomic mass is 16.3. The molecule has 12 aromatic rings. The average molecular weight is 730 g/mol. The lowest BCUT2D eigenvalue weighted by Crippen LogP contribution is -2.01. The quantitative estimate of drug-likeness (QED) is 0.177. The maximum absolute atomic E-state index is 6.71. The second-order valence-corrected chi connectivity index (χ2v) is 14.5. The van der Waals surface area contributed by atoms with Crippen molar-refractivity contribution in [1.82, 2.24) is 24.1 Å². The Hall–Kier alpha value is -7.83. The van der Waals surface area contributed by atoms with Crippen LogP contribution in [0, 0.1) is 0 Å². The van der Waals surface area contributed by atoms with Gasteiger partial charge in [0.2, 0.25) is 0 Å². The summed E-state index contributed by atoms with van der Waals surface area (Å²) in [6.07, 6.45) is 0. The van der Waals surface area contributed by atoms with E-state index >= 15 is 0 Å². The van der Waals surface area contributed by atoms with Crippen LogP contribution in [-0.2, 0) is 0 Å². The number of nitrogens with zero attached hydrogens (tertiary/aromatic N) is 5. The maximum atomic E-state index is 6.71. The van der Waals surface area contributed by atoms with Gasteiger partial charge in [0.05, 0.1) is 22.1 Å². The Balaban J connectivity index is 1.03. The first-order chi connectivity index (χ1) is 28.2. The van der Waals surface area contributed by atoms with Crippen LogP contribution in [0.2, 0.25) is 0 Å². The molecule has 0 aliphatic rings. The number of para-hydroxylation sites is 3. The van der Waals surface area contributed by atoms with Crippen LogP contribution in [0.5, 0.6) is 0 Å². The monoisotopic (exact) mass is 729 g/mol. The van der Waals surface area contributed by atoms with Gasteiger partial charge in [-0.15, -0.1) is 0 Å². The fourth-order valence-electron chi connectivity index (χ4n) is 8.57. The zero-order valence-electron chi connectivity index (χ0n) is 30.5. The van der Waals surface area contributed by atoms with Crippen LogP contribution in [0.4, 0.5) is 0 Å². The molecule has 12 rings (SSSR count). The number of aromatic nitrogens is 5. The summed E-state index contributed by atoms with van der Waals surface area (Å²) < 4.78 is 11.4. The molecule has 0 atom stereocenters. The van der Waals surface area contributed by atoms with Gasteiger partial charge in [-0.25, -0.2) is 15.0 Å². The van der Waals surface area contributed by atoms with Crippen LogP contribution in [0.1, 0.15) is 0 Å². The van der Waals surface area contributed by atoms with Gasteiger partial charge in [0.25, 0.3) is 0 Å². The summed E-state index contributed by atoms with van der Waals surface area (Å²) in [5, 5.41) is 6.91. The first-order valence-electron chi connectivity index (χ1n) is 19.1. The van der Waals surface area contributed by atoms with E-state index in [-0.39, 0.29) is 0 Å². The predicted molar refractivity (Wildman–Crippen MR) is 232 cm³/mol. The summed E-state index contributed by atoms with van der Waals surface area (Å²) in [4.78, 5) is 15.0. The van der Waals surface area contributed by atoms with Crippen molar-refractivity contribution in [2.45, 2.75) is 0 Å². The standard InChI is InChI=1S/C51H31N5O/c1-3-14-32(15-4-1)49-52-50(33-16-5-2-6-17-33)54-51(53-49)34-18-13-19-35(28-34)56-45-25-12-9-22-39(45)41-31-48-42(30-46(41)56)40-27-26-36(29-47(40)57-48)55-43-23-10-7-20-37(43)38-21-8-11-24-44(38)55/h1-31H. The molecule has 0 saturated heterocycles. The van der Waals surface area contributed by atoms with Crippen molar-refractivity contribution < 1.29 is 4.42 Å². The highest BCUT2D eigenvalue weighted by Gasteiger charge is 2.19. The molecule has 0 aliphatic carbocycles. The van der Waals surface area contributed by atoms with E-state index in [1.54, 1.807) is 0 Å². The van der Waals surface area contributed by atoms with Crippen LogP contribution in [0.3, 0.4) is 0 Å². The third-order valence-corrected chi connectivity index (χ3v) is 11.1. The van der Waals surface area contributed by atoms with Gasteiger partial charge in [-0.2, -0.15) is 0 Å². The minimum Gasteiger partial charge on any atom is -0.456 e. The number of furan rings is 1. The molecule has 57 heavy (non-hydrogen) atoms. The fraction of sp³-hybridized carbons (Fsp3) is 0. The molecular formula is C51H31N5O. The van der Waals surface area contributed by atoms with E-state index in [0.29, 0.717) is 17.5 Å². The zero-order valence-corrected chi connectivity index (χ0v) is 30.5. The highest BCUT2D eigenvalue weighted by Crippen LogP contribution is 2.40. The van der Waals surface area contributed by atoms with Gasteiger partial charge in [-0.1, -0.05) is 127 Å². The average Bonchev–Trinajstić information content (AvgIpc) is 3.93. The lowest BCUT2D eigenvalue weighted by molar-refractivity contribution is 0.669. The normalized spacial score (nSPS) is 11.9. The van der Waals surface area contributed by atoms with Gasteiger partial charge in [-0.3, -0.25) is 0 Å². The number of benzene rings is 8. The van der Waals surface area contributed by atoms with Crippen molar-refractivity contribution in [3.63, 3.8) is 0 Å². The molecular weight excluding hydrogens is 699 g/mol. The number of fused-ring (bicyclic) bond motifs is 9. The largest absolute Gasteiger partial charge is 0.456 e. The van der Waals surface area contributed by atoms with E-state index in [2.05, 4.69) is 137 Å². The van der Waals surface area contributed by atoms with Crippen molar-refractivity contribution in [1.29, 1.82) is 0 Å². The molecule has 0 saturated carbocycles. The van der Waals surface area contributed by atoms with E-state index in [1.807, 2.05) is 60.7 Å². The molecule has 0 fully saturated rings. The second kappa shape index (κ2) is 12.3. The van der Waals surface area contributed by atoms with Crippen molar-refractivity contribution in [2.75, 3.05) is 0 Å². The summed E-state index contributed by atoms with van der Waals surface area (Å²) >= 11 is 0. The molecule has 0 spiro atoms. The van der Waals surface area contributed by atoms with Gasteiger partial charge < -0.3 is 13.6 Å². The van der Waals surface area contributed by atoms with Gasteiger partial charge in [0.1, 0.15) is 11.2 Å². The Morgan fingerprint density at radius 1 is 0.298 bits per heavy atom. The Bertz CT molecular complexity index is 3410. The van der Waals surface area contributed by atoms with Crippen molar-refractivity contribution in [2.24, 2.45) is 0 Å². The van der Waals surface area contributed by atoms with E-state index in [9.17, 15) is 0 Å². The van der Waals surface area contributed by atoms with E-state index in [1.165, 1.54) is 21.8 Å². The van der Waals surface area contributed by atoms with Crippen molar-refractivity contribution in [3.8, 4) is 45.5 Å². The Labute approximate surface area is 326 Å². The third-order valence-electron chi connectivity index (χ3n) is 11.1. The SMILES string of the molecule is c1ccc(-c2nc(-c3ccccc3)nc(-c3cccc(-n4c5ccccc5c5cc6oc7cc(-n8c9ccccc9c9ccccc98)ccc7c6cc54)c3)n2)cc1. The summed E-state index contributed by atoms with van der Waals surface area (Å²) in [7, 11) is 0. The molecule has 0 bridgehead atoms. The Morgan fingerprint density at radius 2 is 0.772 bits per heavy atom. The van der Waals surface area contributed by atoms with Crippen LogP contribution < -0.4 is 0 Å². The first-order valence-corrected chi connectivity index (χ1v) is 19.1. The summed E-state index contributed by atoms with van der Waals surface area (Å²) in [5.74, 6) is 1.89. The van der Waals surface area contributed by atoms with Crippen LogP contribution in [0.15, 0.2) is 192 Å². The molecule has 0 unspecified atom stereocenters. The number of hydrogen-bond donors (Lipinski definition) is 0. The van der Waals surface area contributed by atoms with E-state index < -0.39 is 0 Å². The lowest BCUT2D eigenvalue weighted by Gasteiger charge is -2.11. The Kier molecular flexibility index (Phi) is 6.83. The summed E-state index contributed by atoms with van der Waals surface area (Å²) in [6, 6.07) is 65.5. The molecule has 4 aromatic heterocycles. The van der Waals surface area contributed by atoms with Gasteiger partial charge in [-0.05, 0) is 54.6 Å². The third kappa shape index (κ3) is 4.94. The highest BCUT2D eigenvalue weighted by molar-refractivity contribution is 6.17. The van der Waals surface area contributed by atoms with Crippen molar-refractivity contribution in [3.05, 3.63) is 188 Å². The molecule has 8 aromatic carbocycles. The molecule has 6 heteroatoms. The van der Waals surface area contributed by atoms with Crippen molar-refractivity contribution >= 4 is 65.6 Å². The molecule has 266 valence electrons. The lowest BCUT2D eigenvalue weighted by atomic mass is 10.1. The molecule has 0 aliphatic heterocycles. The van der Waals surface area contributed by atoms with E-state index in [4.69, 9.17) is 19.4 Å². The molecule has 0 N–H and O–H groups in total. The van der Waals surface area contributed by atoms with Gasteiger partial charge >= 0.3 is 0 Å². The second-order valence-electron chi connectivity index (χ2n) is 14.5. The fourth-order valence-corrected chi connectivity index (χ4v) is 8.57. The van der Waals surface area contributed by atoms with Gasteiger partial charge in [0, 0.05) is 66.4 Å². The molecule has 0 amide bonds. The Morgan fingerprint density at radius 3 is 1.39 bits per heavy atom. The number of rotatable bonds is 5. The maximum Gasteiger partial charge on any atom is 0.164 e. The van der Waals surface area contributed by atoms with Crippen LogP contribution in [0.25, 0.3) is 111 Å². The van der Waals surface area contributed by atoms with E-state index in [0.717, 1.165) is 71.8 Å². The van der Waals surface area contributed by atoms with Crippen LogP contribution in [-0.4, -0.2) is 24.1 Å². The van der Waals surface area contributed by atoms with Crippen LogP contribution >= 0.6 is 0 Å². The summed E-state index contributed by atoms with van der Waals surface area (Å²) in [6.45, 7) is 0. The smallest absolute Gasteiger partial charge is 0.164 e. The molecule has 0 radical (unpaired) electrons. The topological polar surface area (TPSA) is 61.7 Å². The summed E-state index contributed by atoms with van der Waals surface area (Å²) in [5.41, 5.74) is 11.1.